The van der Waals surface area contributed by atoms with Crippen molar-refractivity contribution >= 4 is 31.4 Å². The van der Waals surface area contributed by atoms with Crippen LogP contribution in [-0.2, 0) is 29.8 Å². The molecule has 0 radical (unpaired) electrons. The summed E-state index contributed by atoms with van der Waals surface area (Å²) >= 11 is 0. The molecule has 1 amide bonds. The number of nitro groups is 1. The second-order valence-electron chi connectivity index (χ2n) is 11.5. The molecule has 4 N–H and O–H groups in total. The van der Waals surface area contributed by atoms with Crippen molar-refractivity contribution in [2.45, 2.75) is 56.8 Å². The molecule has 1 fully saturated rings. The SMILES string of the molecule is CC(C)NP(=O)(OCc1ccc([N+](=O)[O-])c(Oc2ccc(-c3ccc(F)cc3)c(F)c2)c1)OCC1OC(C2N=CC(=N)NC2=O)C(F)(F)C1O. The van der Waals surface area contributed by atoms with E-state index in [2.05, 4.69) is 10.1 Å². The number of amidine groups is 1. The van der Waals surface area contributed by atoms with Crippen LogP contribution in [0.1, 0.15) is 19.4 Å². The van der Waals surface area contributed by atoms with Gasteiger partial charge in [-0.25, -0.2) is 27.2 Å². The van der Waals surface area contributed by atoms with Gasteiger partial charge in [0.05, 0.1) is 24.4 Å². The number of aliphatic hydroxyl groups is 1. The van der Waals surface area contributed by atoms with Gasteiger partial charge in [0.1, 0.15) is 35.4 Å². The van der Waals surface area contributed by atoms with Crippen LogP contribution >= 0.6 is 7.75 Å². The van der Waals surface area contributed by atoms with E-state index >= 15 is 0 Å². The summed E-state index contributed by atoms with van der Waals surface area (Å²) in [5.41, 5.74) is 0.204. The fraction of sp³-hybridized carbons (Fsp3) is 0.323. The molecule has 14 nitrogen and oxygen atoms in total. The van der Waals surface area contributed by atoms with Crippen LogP contribution in [0.25, 0.3) is 11.1 Å². The maximum atomic E-state index is 15.0. The quantitative estimate of drug-likeness (QED) is 0.0780. The number of hydrogen-bond donors (Lipinski definition) is 4. The van der Waals surface area contributed by atoms with Gasteiger partial charge in [-0.3, -0.25) is 34.4 Å². The third-order valence-electron chi connectivity index (χ3n) is 7.40. The van der Waals surface area contributed by atoms with Crippen LogP contribution in [0, 0.1) is 27.2 Å². The minimum absolute atomic E-state index is 0.107. The highest BCUT2D eigenvalue weighted by atomic mass is 31.2. The Bertz CT molecular complexity index is 1860. The van der Waals surface area contributed by atoms with E-state index in [4.69, 9.17) is 23.9 Å². The Kier molecular flexibility index (Phi) is 10.8. The van der Waals surface area contributed by atoms with Crippen LogP contribution in [0.5, 0.6) is 11.5 Å². The summed E-state index contributed by atoms with van der Waals surface area (Å²) in [6.45, 7) is 1.77. The number of carbonyl (C=O) groups excluding carboxylic acids is 1. The molecule has 266 valence electrons. The topological polar surface area (TPSA) is 195 Å². The summed E-state index contributed by atoms with van der Waals surface area (Å²) in [6, 6.07) is 10.0. The van der Waals surface area contributed by atoms with Gasteiger partial charge in [0.25, 0.3) is 5.91 Å². The van der Waals surface area contributed by atoms with Crippen LogP contribution in [0.15, 0.2) is 65.7 Å². The molecule has 5 unspecified atom stereocenters. The van der Waals surface area contributed by atoms with E-state index in [1.54, 1.807) is 13.8 Å². The number of rotatable bonds is 13. The van der Waals surface area contributed by atoms with Gasteiger partial charge >= 0.3 is 19.4 Å². The lowest BCUT2D eigenvalue weighted by Gasteiger charge is -2.26. The molecule has 2 heterocycles. The molecule has 3 aromatic carbocycles. The standard InChI is InChI=1S/C31H30F4N5O9P/c1-16(2)39-50(45,47-15-25-28(41)31(34,35)29(49-25)27-30(42)38-26(36)13-37-27)46-14-17-3-10-23(40(43)44)24(11-17)48-20-8-9-21(22(33)12-20)18-4-6-19(32)7-5-18/h3-13,16,25,27-29,41H,14-15H2,1-2H3,(H,39,45)(H2,36,38,42). The van der Waals surface area contributed by atoms with Gasteiger partial charge in [-0.1, -0.05) is 12.1 Å². The van der Waals surface area contributed by atoms with Gasteiger partial charge in [-0.15, -0.1) is 0 Å². The van der Waals surface area contributed by atoms with Gasteiger partial charge in [-0.05, 0) is 61.4 Å². The van der Waals surface area contributed by atoms with E-state index in [1.165, 1.54) is 48.5 Å². The summed E-state index contributed by atoms with van der Waals surface area (Å²) in [7, 11) is -4.36. The summed E-state index contributed by atoms with van der Waals surface area (Å²) < 4.78 is 93.6. The molecule has 5 rings (SSSR count). The Morgan fingerprint density at radius 3 is 2.50 bits per heavy atom. The van der Waals surface area contributed by atoms with E-state index < -0.39 is 91.3 Å². The molecule has 2 aliphatic rings. The van der Waals surface area contributed by atoms with Crippen molar-refractivity contribution in [3.8, 4) is 22.6 Å². The molecule has 0 aromatic heterocycles. The predicted octanol–water partition coefficient (Wildman–Crippen LogP) is 5.28. The van der Waals surface area contributed by atoms with Gasteiger partial charge in [0.2, 0.25) is 5.75 Å². The Labute approximate surface area is 281 Å². The predicted molar refractivity (Wildman–Crippen MR) is 169 cm³/mol. The first-order valence-corrected chi connectivity index (χ1v) is 16.4. The zero-order chi connectivity index (χ0) is 36.4. The van der Waals surface area contributed by atoms with Gasteiger partial charge in [0, 0.05) is 23.7 Å². The molecule has 3 aromatic rings. The summed E-state index contributed by atoms with van der Waals surface area (Å²) in [6.07, 6.45) is -5.64. The first-order valence-electron chi connectivity index (χ1n) is 14.9. The first-order chi connectivity index (χ1) is 23.6. The van der Waals surface area contributed by atoms with E-state index in [1.807, 2.05) is 5.32 Å². The van der Waals surface area contributed by atoms with Crippen molar-refractivity contribution in [1.29, 1.82) is 5.41 Å². The second-order valence-corrected chi connectivity index (χ2v) is 13.3. The molecular weight excluding hydrogens is 693 g/mol. The monoisotopic (exact) mass is 723 g/mol. The number of aliphatic hydroxyl groups excluding tert-OH is 1. The third kappa shape index (κ3) is 8.23. The number of hydrogen-bond acceptors (Lipinski definition) is 11. The maximum absolute atomic E-state index is 15.0. The summed E-state index contributed by atoms with van der Waals surface area (Å²) in [5.74, 6) is -7.11. The van der Waals surface area contributed by atoms with E-state index in [-0.39, 0.29) is 22.6 Å². The van der Waals surface area contributed by atoms with E-state index in [0.29, 0.717) is 5.56 Å². The Hall–Kier alpha value is -4.58. The van der Waals surface area contributed by atoms with Gasteiger partial charge in [0.15, 0.2) is 12.1 Å². The molecule has 1 saturated heterocycles. The fourth-order valence-electron chi connectivity index (χ4n) is 5.05. The van der Waals surface area contributed by atoms with Crippen molar-refractivity contribution < 1.29 is 55.5 Å². The average Bonchev–Trinajstić information content (AvgIpc) is 3.26. The summed E-state index contributed by atoms with van der Waals surface area (Å²) in [4.78, 5) is 26.8. The lowest BCUT2D eigenvalue weighted by atomic mass is 10.00. The Balaban J connectivity index is 1.29. The number of aliphatic imine (C=N–C) groups is 1. The number of nitrogens with zero attached hydrogens (tertiary/aromatic N) is 2. The van der Waals surface area contributed by atoms with Crippen molar-refractivity contribution in [3.05, 3.63) is 88.0 Å². The van der Waals surface area contributed by atoms with Crippen molar-refractivity contribution in [1.82, 2.24) is 10.4 Å². The molecular formula is C31H30F4N5O9P. The lowest BCUT2D eigenvalue weighted by molar-refractivity contribution is -0.385. The van der Waals surface area contributed by atoms with Gasteiger partial charge in [-0.2, -0.15) is 0 Å². The number of alkyl halides is 2. The highest BCUT2D eigenvalue weighted by Gasteiger charge is 2.62. The maximum Gasteiger partial charge on any atom is 0.406 e. The van der Waals surface area contributed by atoms with Crippen LogP contribution in [0.4, 0.5) is 23.2 Å². The molecule has 0 bridgehead atoms. The lowest BCUT2D eigenvalue weighted by Crippen LogP contribution is -2.53. The van der Waals surface area contributed by atoms with E-state index in [9.17, 15) is 42.1 Å². The first kappa shape index (κ1) is 36.7. The second kappa shape index (κ2) is 14.7. The third-order valence-corrected chi connectivity index (χ3v) is 9.19. The van der Waals surface area contributed by atoms with E-state index in [0.717, 1.165) is 18.3 Å². The number of nitro benzene ring substituents is 1. The summed E-state index contributed by atoms with van der Waals surface area (Å²) in [5, 5.41) is 34.1. The normalized spacial score (nSPS) is 22.7. The average molecular weight is 724 g/mol. The molecule has 0 saturated carbocycles. The van der Waals surface area contributed by atoms with Crippen LogP contribution in [0.3, 0.4) is 0 Å². The Morgan fingerprint density at radius 1 is 1.14 bits per heavy atom. The van der Waals surface area contributed by atoms with Crippen molar-refractivity contribution in [2.75, 3.05) is 6.61 Å². The van der Waals surface area contributed by atoms with Gasteiger partial charge < -0.3 is 19.9 Å². The smallest absolute Gasteiger partial charge is 0.406 e. The minimum atomic E-state index is -4.36. The largest absolute Gasteiger partial charge is 0.450 e. The zero-order valence-corrected chi connectivity index (χ0v) is 27.1. The van der Waals surface area contributed by atoms with Crippen molar-refractivity contribution in [2.24, 2.45) is 4.99 Å². The highest BCUT2D eigenvalue weighted by molar-refractivity contribution is 7.51. The van der Waals surface area contributed by atoms with Crippen LogP contribution in [0.2, 0.25) is 0 Å². The molecule has 5 atom stereocenters. The molecule has 0 spiro atoms. The minimum Gasteiger partial charge on any atom is -0.450 e. The number of halogens is 4. The fourth-order valence-corrected chi connectivity index (χ4v) is 6.57. The number of nitrogens with one attached hydrogen (secondary N) is 3. The van der Waals surface area contributed by atoms with Crippen LogP contribution < -0.4 is 15.1 Å². The molecule has 19 heteroatoms. The number of ether oxygens (including phenoxy) is 2. The Morgan fingerprint density at radius 2 is 1.86 bits per heavy atom. The number of carbonyl (C=O) groups is 1. The number of amides is 1. The molecule has 0 aliphatic carbocycles. The molecule has 2 aliphatic heterocycles. The highest BCUT2D eigenvalue weighted by Crippen LogP contribution is 2.48. The van der Waals surface area contributed by atoms with Crippen LogP contribution in [-0.4, -0.2) is 70.9 Å². The zero-order valence-electron chi connectivity index (χ0n) is 26.2. The van der Waals surface area contributed by atoms with Crippen molar-refractivity contribution in [3.63, 3.8) is 0 Å². The number of benzene rings is 3. The molecule has 50 heavy (non-hydrogen) atoms.